The smallest absolute Gasteiger partial charge is 0.120 e. The number of hydrogen-bond acceptors (Lipinski definition) is 1. The normalized spacial score (nSPS) is 10.5. The summed E-state index contributed by atoms with van der Waals surface area (Å²) in [7, 11) is 0. The van der Waals surface area contributed by atoms with Gasteiger partial charge in [-0.2, -0.15) is 0 Å². The molecular formula is C14H16O. The molecule has 0 aliphatic carbocycles. The van der Waals surface area contributed by atoms with Gasteiger partial charge in [0.25, 0.3) is 0 Å². The van der Waals surface area contributed by atoms with Crippen LogP contribution in [0.1, 0.15) is 18.9 Å². The van der Waals surface area contributed by atoms with Crippen molar-refractivity contribution in [3.8, 4) is 5.75 Å². The van der Waals surface area contributed by atoms with Crippen molar-refractivity contribution >= 4 is 10.8 Å². The van der Waals surface area contributed by atoms with Crippen LogP contribution < -0.4 is 4.74 Å². The van der Waals surface area contributed by atoms with Gasteiger partial charge >= 0.3 is 0 Å². The Bertz CT molecular complexity index is 460. The Morgan fingerprint density at radius 3 is 2.73 bits per heavy atom. The quantitative estimate of drug-likeness (QED) is 0.729. The summed E-state index contributed by atoms with van der Waals surface area (Å²) in [5.74, 6) is 0.980. The molecule has 1 heteroatoms. The van der Waals surface area contributed by atoms with Crippen LogP contribution in [0.5, 0.6) is 5.75 Å². The van der Waals surface area contributed by atoms with Gasteiger partial charge in [-0.1, -0.05) is 31.2 Å². The summed E-state index contributed by atoms with van der Waals surface area (Å²) >= 11 is 0. The fourth-order valence-corrected chi connectivity index (χ4v) is 1.77. The highest BCUT2D eigenvalue weighted by molar-refractivity contribution is 5.86. The molecule has 0 N–H and O–H groups in total. The molecule has 78 valence electrons. The molecule has 0 atom stereocenters. The van der Waals surface area contributed by atoms with Crippen molar-refractivity contribution in [1.82, 2.24) is 0 Å². The molecule has 0 saturated heterocycles. The van der Waals surface area contributed by atoms with Crippen LogP contribution in [0.15, 0.2) is 36.4 Å². The largest absolute Gasteiger partial charge is 0.494 e. The van der Waals surface area contributed by atoms with Crippen LogP contribution in [0.4, 0.5) is 0 Å². The molecular weight excluding hydrogens is 184 g/mol. The summed E-state index contributed by atoms with van der Waals surface area (Å²) in [6.07, 6.45) is 1.05. The maximum absolute atomic E-state index is 5.64. The molecule has 0 bridgehead atoms. The summed E-state index contributed by atoms with van der Waals surface area (Å²) in [5.41, 5.74) is 1.28. The Morgan fingerprint density at radius 2 is 1.93 bits per heavy atom. The second-order valence-corrected chi connectivity index (χ2v) is 3.81. The Hall–Kier alpha value is -1.50. The zero-order valence-corrected chi connectivity index (χ0v) is 9.29. The number of ether oxygens (including phenoxy) is 1. The van der Waals surface area contributed by atoms with Gasteiger partial charge in [0.05, 0.1) is 6.61 Å². The second-order valence-electron chi connectivity index (χ2n) is 3.81. The van der Waals surface area contributed by atoms with Crippen LogP contribution in [-0.2, 0) is 0 Å². The molecule has 2 aromatic carbocycles. The van der Waals surface area contributed by atoms with Crippen molar-refractivity contribution in [3.05, 3.63) is 42.0 Å². The second kappa shape index (κ2) is 4.35. The van der Waals surface area contributed by atoms with Crippen LogP contribution >= 0.6 is 0 Å². The lowest BCUT2D eigenvalue weighted by molar-refractivity contribution is 0.317. The molecule has 2 aromatic rings. The fourth-order valence-electron chi connectivity index (χ4n) is 1.77. The highest BCUT2D eigenvalue weighted by Gasteiger charge is 2.00. The SMILES string of the molecule is CCCOc1cc(C)c2ccccc2c1. The van der Waals surface area contributed by atoms with Gasteiger partial charge in [0.15, 0.2) is 0 Å². The van der Waals surface area contributed by atoms with Crippen molar-refractivity contribution in [2.24, 2.45) is 0 Å². The van der Waals surface area contributed by atoms with E-state index < -0.39 is 0 Å². The standard InChI is InChI=1S/C14H16O/c1-3-8-15-13-9-11(2)14-7-5-4-6-12(14)10-13/h4-7,9-10H,3,8H2,1-2H3. The average Bonchev–Trinajstić information content (AvgIpc) is 2.26. The minimum Gasteiger partial charge on any atom is -0.494 e. The summed E-state index contributed by atoms with van der Waals surface area (Å²) in [4.78, 5) is 0. The number of benzene rings is 2. The molecule has 0 radical (unpaired) electrons. The monoisotopic (exact) mass is 200 g/mol. The van der Waals surface area contributed by atoms with E-state index in [1.807, 2.05) is 0 Å². The van der Waals surface area contributed by atoms with E-state index in [2.05, 4.69) is 50.2 Å². The molecule has 0 fully saturated rings. The number of aryl methyl sites for hydroxylation is 1. The van der Waals surface area contributed by atoms with E-state index in [4.69, 9.17) is 4.74 Å². The summed E-state index contributed by atoms with van der Waals surface area (Å²) in [6, 6.07) is 12.6. The molecule has 0 saturated carbocycles. The lowest BCUT2D eigenvalue weighted by Gasteiger charge is -2.08. The lowest BCUT2D eigenvalue weighted by Crippen LogP contribution is -1.95. The predicted octanol–water partition coefficient (Wildman–Crippen LogP) is 3.94. The first kappa shape index (κ1) is 10.0. The zero-order valence-electron chi connectivity index (χ0n) is 9.29. The first-order chi connectivity index (χ1) is 7.31. The summed E-state index contributed by atoms with van der Waals surface area (Å²) in [5, 5.41) is 2.56. The third-order valence-corrected chi connectivity index (χ3v) is 2.52. The molecule has 15 heavy (non-hydrogen) atoms. The first-order valence-corrected chi connectivity index (χ1v) is 5.43. The van der Waals surface area contributed by atoms with Gasteiger partial charge in [-0.3, -0.25) is 0 Å². The van der Waals surface area contributed by atoms with E-state index in [0.717, 1.165) is 18.8 Å². The number of rotatable bonds is 3. The predicted molar refractivity (Wildman–Crippen MR) is 64.5 cm³/mol. The molecule has 0 aliphatic rings. The Kier molecular flexibility index (Phi) is 2.91. The molecule has 0 heterocycles. The zero-order chi connectivity index (χ0) is 10.7. The van der Waals surface area contributed by atoms with E-state index in [-0.39, 0.29) is 0 Å². The topological polar surface area (TPSA) is 9.23 Å². The van der Waals surface area contributed by atoms with Gasteiger partial charge in [0.2, 0.25) is 0 Å². The van der Waals surface area contributed by atoms with E-state index in [1.54, 1.807) is 0 Å². The third-order valence-electron chi connectivity index (χ3n) is 2.52. The fraction of sp³-hybridized carbons (Fsp3) is 0.286. The Balaban J connectivity index is 2.43. The van der Waals surface area contributed by atoms with E-state index in [0.29, 0.717) is 0 Å². The molecule has 0 aromatic heterocycles. The Labute approximate surface area is 90.7 Å². The molecule has 0 spiro atoms. The number of fused-ring (bicyclic) bond motifs is 1. The van der Waals surface area contributed by atoms with Crippen molar-refractivity contribution in [2.75, 3.05) is 6.61 Å². The van der Waals surface area contributed by atoms with Crippen LogP contribution in [-0.4, -0.2) is 6.61 Å². The maximum atomic E-state index is 5.64. The van der Waals surface area contributed by atoms with E-state index >= 15 is 0 Å². The highest BCUT2D eigenvalue weighted by Crippen LogP contribution is 2.24. The van der Waals surface area contributed by atoms with Gasteiger partial charge in [-0.25, -0.2) is 0 Å². The first-order valence-electron chi connectivity index (χ1n) is 5.43. The molecule has 0 unspecified atom stereocenters. The Morgan fingerprint density at radius 1 is 1.13 bits per heavy atom. The van der Waals surface area contributed by atoms with Crippen LogP contribution in [0.25, 0.3) is 10.8 Å². The van der Waals surface area contributed by atoms with E-state index in [1.165, 1.54) is 16.3 Å². The minimum atomic E-state index is 0.789. The van der Waals surface area contributed by atoms with Crippen LogP contribution in [0.3, 0.4) is 0 Å². The van der Waals surface area contributed by atoms with Gasteiger partial charge in [0.1, 0.15) is 5.75 Å². The van der Waals surface area contributed by atoms with Gasteiger partial charge in [-0.05, 0) is 41.8 Å². The molecule has 1 nitrogen and oxygen atoms in total. The van der Waals surface area contributed by atoms with Crippen molar-refractivity contribution < 1.29 is 4.74 Å². The maximum Gasteiger partial charge on any atom is 0.120 e. The van der Waals surface area contributed by atoms with Crippen LogP contribution in [0.2, 0.25) is 0 Å². The number of hydrogen-bond donors (Lipinski definition) is 0. The molecule has 2 rings (SSSR count). The third kappa shape index (κ3) is 2.12. The van der Waals surface area contributed by atoms with Gasteiger partial charge in [-0.15, -0.1) is 0 Å². The van der Waals surface area contributed by atoms with Crippen molar-refractivity contribution in [2.45, 2.75) is 20.3 Å². The summed E-state index contributed by atoms with van der Waals surface area (Å²) in [6.45, 7) is 5.03. The van der Waals surface area contributed by atoms with Crippen molar-refractivity contribution in [3.63, 3.8) is 0 Å². The minimum absolute atomic E-state index is 0.789. The average molecular weight is 200 g/mol. The van der Waals surface area contributed by atoms with Gasteiger partial charge in [0, 0.05) is 0 Å². The lowest BCUT2D eigenvalue weighted by atomic mass is 10.1. The van der Waals surface area contributed by atoms with Gasteiger partial charge < -0.3 is 4.74 Å². The molecule has 0 amide bonds. The van der Waals surface area contributed by atoms with Crippen molar-refractivity contribution in [1.29, 1.82) is 0 Å². The van der Waals surface area contributed by atoms with Crippen LogP contribution in [0, 0.1) is 6.92 Å². The summed E-state index contributed by atoms with van der Waals surface area (Å²) < 4.78 is 5.64. The molecule has 0 aliphatic heterocycles. The highest BCUT2D eigenvalue weighted by atomic mass is 16.5. The van der Waals surface area contributed by atoms with E-state index in [9.17, 15) is 0 Å².